The van der Waals surface area contributed by atoms with Crippen LogP contribution in [0.5, 0.6) is 0 Å². The molecule has 80 valence electrons. The van der Waals surface area contributed by atoms with E-state index in [9.17, 15) is 0 Å². The molecule has 0 fully saturated rings. The van der Waals surface area contributed by atoms with E-state index in [2.05, 4.69) is 5.16 Å². The average Bonchev–Trinajstić information content (AvgIpc) is 2.69. The summed E-state index contributed by atoms with van der Waals surface area (Å²) in [4.78, 5) is 0. The lowest BCUT2D eigenvalue weighted by Gasteiger charge is -2.01. The van der Waals surface area contributed by atoms with Crippen LogP contribution in [0.25, 0.3) is 0 Å². The number of rotatable bonds is 8. The predicted molar refractivity (Wildman–Crippen MR) is 60.2 cm³/mol. The van der Waals surface area contributed by atoms with Crippen LogP contribution in [0.3, 0.4) is 0 Å². The monoisotopic (exact) mass is 311 g/mol. The van der Waals surface area contributed by atoms with Crippen molar-refractivity contribution in [2.75, 3.05) is 19.8 Å². The van der Waals surface area contributed by atoms with Crippen molar-refractivity contribution in [2.45, 2.75) is 19.3 Å². The Kier molecular flexibility index (Phi) is 6.98. The van der Waals surface area contributed by atoms with Crippen molar-refractivity contribution in [3.8, 4) is 0 Å². The fraction of sp³-hybridized carbons (Fsp3) is 0.667. The molecule has 0 saturated heterocycles. The van der Waals surface area contributed by atoms with Crippen molar-refractivity contribution in [1.29, 1.82) is 0 Å². The lowest BCUT2D eigenvalue weighted by Crippen LogP contribution is -2.00. The first-order valence-corrected chi connectivity index (χ1v) is 5.52. The molecule has 0 aliphatic carbocycles. The minimum atomic E-state index is 0.754. The molecule has 0 aliphatic heterocycles. The van der Waals surface area contributed by atoms with Gasteiger partial charge in [-0.2, -0.15) is 0 Å². The topological polar surface area (TPSA) is 44.5 Å². The molecule has 1 aromatic rings. The van der Waals surface area contributed by atoms with E-state index in [0.717, 1.165) is 44.8 Å². The molecule has 4 nitrogen and oxygen atoms in total. The van der Waals surface area contributed by atoms with E-state index in [1.165, 1.54) is 0 Å². The maximum Gasteiger partial charge on any atom is 0.124 e. The third kappa shape index (κ3) is 5.56. The molecule has 0 radical (unpaired) electrons. The molecule has 0 aliphatic rings. The Balaban J connectivity index is 1.85. The smallest absolute Gasteiger partial charge is 0.124 e. The molecule has 0 amide bonds. The van der Waals surface area contributed by atoms with E-state index < -0.39 is 0 Å². The van der Waals surface area contributed by atoms with Crippen LogP contribution < -0.4 is 0 Å². The van der Waals surface area contributed by atoms with Gasteiger partial charge in [0.2, 0.25) is 0 Å². The Hall–Kier alpha value is -0.140. The van der Waals surface area contributed by atoms with Crippen LogP contribution in [0.15, 0.2) is 16.9 Å². The van der Waals surface area contributed by atoms with Gasteiger partial charge in [-0.05, 0) is 19.3 Å². The summed E-state index contributed by atoms with van der Waals surface area (Å²) in [5.74, 6) is 0. The maximum atomic E-state index is 5.39. The van der Waals surface area contributed by atoms with Gasteiger partial charge in [-0.25, -0.2) is 0 Å². The zero-order valence-electron chi connectivity index (χ0n) is 7.95. The SMILES string of the molecule is IOCCCOCCCc1ccon1. The first-order chi connectivity index (χ1) is 6.93. The van der Waals surface area contributed by atoms with Gasteiger partial charge in [-0.1, -0.05) is 5.16 Å². The Labute approximate surface area is 97.6 Å². The summed E-state index contributed by atoms with van der Waals surface area (Å²) in [7, 11) is 0. The van der Waals surface area contributed by atoms with Gasteiger partial charge >= 0.3 is 0 Å². The summed E-state index contributed by atoms with van der Waals surface area (Å²) in [6.45, 7) is 2.29. The minimum absolute atomic E-state index is 0.754. The third-order valence-corrected chi connectivity index (χ3v) is 2.16. The number of hydrogen-bond acceptors (Lipinski definition) is 4. The third-order valence-electron chi connectivity index (χ3n) is 1.72. The number of aryl methyl sites for hydroxylation is 1. The normalized spacial score (nSPS) is 10.6. The maximum absolute atomic E-state index is 5.39. The summed E-state index contributed by atoms with van der Waals surface area (Å²) in [5, 5.41) is 3.81. The number of nitrogens with zero attached hydrogens (tertiary/aromatic N) is 1. The minimum Gasteiger partial charge on any atom is -0.381 e. The van der Waals surface area contributed by atoms with Crippen LogP contribution in [0.4, 0.5) is 0 Å². The van der Waals surface area contributed by atoms with Crippen molar-refractivity contribution in [1.82, 2.24) is 5.16 Å². The summed E-state index contributed by atoms with van der Waals surface area (Å²) >= 11 is 1.89. The Morgan fingerprint density at radius 3 is 2.86 bits per heavy atom. The van der Waals surface area contributed by atoms with Crippen LogP contribution in [0.2, 0.25) is 0 Å². The molecule has 0 atom stereocenters. The van der Waals surface area contributed by atoms with Crippen LogP contribution in [-0.4, -0.2) is 25.0 Å². The van der Waals surface area contributed by atoms with E-state index in [4.69, 9.17) is 12.3 Å². The van der Waals surface area contributed by atoms with Gasteiger partial charge in [0.05, 0.1) is 12.3 Å². The zero-order chi connectivity index (χ0) is 10.1. The fourth-order valence-corrected chi connectivity index (χ4v) is 1.35. The fourth-order valence-electron chi connectivity index (χ4n) is 1.04. The first-order valence-electron chi connectivity index (χ1n) is 4.64. The molecule has 1 rings (SSSR count). The Morgan fingerprint density at radius 2 is 2.14 bits per heavy atom. The quantitative estimate of drug-likeness (QED) is 0.546. The van der Waals surface area contributed by atoms with Crippen LogP contribution in [-0.2, 0) is 14.2 Å². The second-order valence-electron chi connectivity index (χ2n) is 2.87. The van der Waals surface area contributed by atoms with Crippen LogP contribution in [0.1, 0.15) is 18.5 Å². The van der Waals surface area contributed by atoms with Crippen molar-refractivity contribution < 1.29 is 12.3 Å². The largest absolute Gasteiger partial charge is 0.381 e. The summed E-state index contributed by atoms with van der Waals surface area (Å²) < 4.78 is 15.0. The highest BCUT2D eigenvalue weighted by Crippen LogP contribution is 1.99. The lowest BCUT2D eigenvalue weighted by molar-refractivity contribution is 0.122. The van der Waals surface area contributed by atoms with Crippen LogP contribution in [0, 0.1) is 0 Å². The molecule has 0 saturated carbocycles. The zero-order valence-corrected chi connectivity index (χ0v) is 10.1. The van der Waals surface area contributed by atoms with E-state index in [-0.39, 0.29) is 0 Å². The Bertz CT molecular complexity index is 216. The second-order valence-corrected chi connectivity index (χ2v) is 3.50. The molecular weight excluding hydrogens is 297 g/mol. The molecule has 5 heteroatoms. The lowest BCUT2D eigenvalue weighted by atomic mass is 10.2. The highest BCUT2D eigenvalue weighted by Gasteiger charge is 1.96. The molecule has 0 N–H and O–H groups in total. The van der Waals surface area contributed by atoms with E-state index in [0.29, 0.717) is 0 Å². The Morgan fingerprint density at radius 1 is 1.29 bits per heavy atom. The van der Waals surface area contributed by atoms with Gasteiger partial charge in [0, 0.05) is 19.3 Å². The van der Waals surface area contributed by atoms with Crippen molar-refractivity contribution in [3.05, 3.63) is 18.0 Å². The predicted octanol–water partition coefficient (Wildman–Crippen LogP) is 2.38. The number of halogens is 1. The molecule has 14 heavy (non-hydrogen) atoms. The number of ether oxygens (including phenoxy) is 1. The van der Waals surface area contributed by atoms with Crippen molar-refractivity contribution in [3.63, 3.8) is 0 Å². The molecule has 0 bridgehead atoms. The summed E-state index contributed by atoms with van der Waals surface area (Å²) in [6, 6.07) is 1.88. The van der Waals surface area contributed by atoms with Crippen molar-refractivity contribution >= 4 is 23.0 Å². The highest BCUT2D eigenvalue weighted by atomic mass is 127. The molecule has 1 aromatic heterocycles. The van der Waals surface area contributed by atoms with E-state index in [1.54, 1.807) is 6.26 Å². The molecular formula is C9H14INO3. The van der Waals surface area contributed by atoms with Gasteiger partial charge in [-0.15, -0.1) is 0 Å². The van der Waals surface area contributed by atoms with Gasteiger partial charge in [-0.3, -0.25) is 0 Å². The van der Waals surface area contributed by atoms with Gasteiger partial charge in [0.25, 0.3) is 0 Å². The van der Waals surface area contributed by atoms with E-state index >= 15 is 0 Å². The van der Waals surface area contributed by atoms with E-state index in [1.807, 2.05) is 29.1 Å². The molecule has 1 heterocycles. The second kappa shape index (κ2) is 8.19. The summed E-state index contributed by atoms with van der Waals surface area (Å²) in [6.07, 6.45) is 4.44. The van der Waals surface area contributed by atoms with Gasteiger partial charge in [0.1, 0.15) is 29.3 Å². The highest BCUT2D eigenvalue weighted by molar-refractivity contribution is 14.1. The molecule has 0 spiro atoms. The first kappa shape index (κ1) is 11.9. The average molecular weight is 311 g/mol. The molecule has 0 unspecified atom stereocenters. The van der Waals surface area contributed by atoms with Crippen LogP contribution >= 0.6 is 23.0 Å². The number of hydrogen-bond donors (Lipinski definition) is 0. The molecule has 0 aromatic carbocycles. The van der Waals surface area contributed by atoms with Gasteiger partial charge < -0.3 is 12.3 Å². The van der Waals surface area contributed by atoms with Crippen molar-refractivity contribution in [2.24, 2.45) is 0 Å². The standard InChI is InChI=1S/C9H14INO3/c10-13-7-2-6-12-5-1-3-9-4-8-14-11-9/h4,8H,1-3,5-7H2. The van der Waals surface area contributed by atoms with Gasteiger partial charge in [0.15, 0.2) is 0 Å². The number of aromatic nitrogens is 1. The summed E-state index contributed by atoms with van der Waals surface area (Å²) in [5.41, 5.74) is 0.990.